The second-order valence-corrected chi connectivity index (χ2v) is 12.9. The second-order valence-electron chi connectivity index (χ2n) is 12.9. The number of carbonyl (C=O) groups excluding carboxylic acids is 2. The van der Waals surface area contributed by atoms with Crippen LogP contribution in [-0.4, -0.2) is 63.8 Å². The van der Waals surface area contributed by atoms with Crippen molar-refractivity contribution in [3.05, 3.63) is 48.4 Å². The summed E-state index contributed by atoms with van der Waals surface area (Å²) in [4.78, 5) is 35.0. The van der Waals surface area contributed by atoms with Crippen molar-refractivity contribution in [3.63, 3.8) is 0 Å². The Hall–Kier alpha value is -2.82. The molecule has 214 valence electrons. The molecule has 3 saturated carbocycles. The molecule has 3 N–H and O–H groups in total. The van der Waals surface area contributed by atoms with E-state index in [2.05, 4.69) is 55.2 Å². The summed E-state index contributed by atoms with van der Waals surface area (Å²) in [5.74, 6) is -0.220. The number of nitrogens with zero attached hydrogens (tertiary/aromatic N) is 2. The fourth-order valence-corrected chi connectivity index (χ4v) is 6.96. The van der Waals surface area contributed by atoms with Crippen molar-refractivity contribution in [2.75, 3.05) is 0 Å². The van der Waals surface area contributed by atoms with Gasteiger partial charge in [-0.15, -0.1) is 0 Å². The number of carbonyl (C=O) groups is 2. The summed E-state index contributed by atoms with van der Waals surface area (Å²) in [6.07, 6.45) is 2.89. The summed E-state index contributed by atoms with van der Waals surface area (Å²) in [5, 5.41) is 16.2. The molecule has 10 heteroatoms. The van der Waals surface area contributed by atoms with Gasteiger partial charge >= 0.3 is 7.12 Å². The highest BCUT2D eigenvalue weighted by atomic mass is 16.7. The third kappa shape index (κ3) is 5.29. The number of hydrogen-bond acceptors (Lipinski definition) is 7. The van der Waals surface area contributed by atoms with Gasteiger partial charge in [-0.25, -0.2) is 9.97 Å². The van der Waals surface area contributed by atoms with Gasteiger partial charge in [0, 0.05) is 5.56 Å². The Kier molecular flexibility index (Phi) is 7.80. The number of nitrogens with one attached hydrogen (secondary N) is 2. The Bertz CT molecular complexity index is 1240. The highest BCUT2D eigenvalue weighted by molar-refractivity contribution is 6.48. The average Bonchev–Trinajstić information content (AvgIpc) is 3.28. The van der Waals surface area contributed by atoms with Crippen molar-refractivity contribution < 1.29 is 24.0 Å². The molecule has 2 aromatic rings. The number of aliphatic hydroxyl groups excluding tert-OH is 1. The lowest BCUT2D eigenvalue weighted by Gasteiger charge is -2.64. The van der Waals surface area contributed by atoms with Crippen LogP contribution in [0.1, 0.15) is 71.3 Å². The third-order valence-electron chi connectivity index (χ3n) is 9.37. The number of benzene rings is 1. The van der Waals surface area contributed by atoms with Gasteiger partial charge in [0.25, 0.3) is 5.91 Å². The van der Waals surface area contributed by atoms with E-state index in [9.17, 15) is 14.7 Å². The normalized spacial score (nSPS) is 28.7. The van der Waals surface area contributed by atoms with E-state index in [1.165, 1.54) is 13.3 Å². The molecule has 0 radical (unpaired) electrons. The Balaban J connectivity index is 1.29. The number of rotatable bonds is 9. The quantitative estimate of drug-likeness (QED) is 0.411. The van der Waals surface area contributed by atoms with Crippen molar-refractivity contribution in [2.24, 2.45) is 23.2 Å². The molecule has 6 rings (SSSR count). The number of aliphatic hydroxyl groups is 1. The number of hydrogen-bond donors (Lipinski definition) is 3. The number of amides is 2. The maximum absolute atomic E-state index is 13.5. The lowest BCUT2D eigenvalue weighted by Crippen LogP contribution is -2.65. The Morgan fingerprint density at radius 2 is 1.82 bits per heavy atom. The highest BCUT2D eigenvalue weighted by Crippen LogP contribution is 2.65. The Morgan fingerprint density at radius 1 is 1.10 bits per heavy atom. The molecule has 2 bridgehead atoms. The van der Waals surface area contributed by atoms with Crippen molar-refractivity contribution in [2.45, 2.75) is 90.6 Å². The van der Waals surface area contributed by atoms with E-state index in [-0.39, 0.29) is 23.1 Å². The summed E-state index contributed by atoms with van der Waals surface area (Å²) in [6.45, 7) is 12.4. The fraction of sp³-hybridized carbons (Fsp3) is 0.600. The molecule has 3 aliphatic carbocycles. The molecule has 1 saturated heterocycles. The highest BCUT2D eigenvalue weighted by Gasteiger charge is 2.68. The molecule has 1 aromatic carbocycles. The van der Waals surface area contributed by atoms with Crippen molar-refractivity contribution >= 4 is 18.9 Å². The first-order chi connectivity index (χ1) is 18.9. The van der Waals surface area contributed by atoms with Gasteiger partial charge in [-0.3, -0.25) is 9.59 Å². The molecule has 2 amide bonds. The molecule has 2 heterocycles. The standard InChI is InChI=1S/C30H41BN4O5/c1-17(2)12-25(31-39-24-14-20-13-23(29(20,4)5)30(24,6)40-31)34-28(38)26(18(3)36)35-27(37)22-15-21(32-16-33-22)19-10-8-7-9-11-19/h7-11,15-18,20,23-26,36H,12-14H2,1-6H3,(H,34,38)(H,35,37)/t18-,20-,23-,24-,25+,26+,30+/m1/s1. The van der Waals surface area contributed by atoms with Crippen LogP contribution < -0.4 is 10.6 Å². The predicted octanol–water partition coefficient (Wildman–Crippen LogP) is 3.42. The van der Waals surface area contributed by atoms with Gasteiger partial charge < -0.3 is 25.0 Å². The van der Waals surface area contributed by atoms with Gasteiger partial charge in [0.1, 0.15) is 18.1 Å². The largest absolute Gasteiger partial charge is 0.481 e. The lowest BCUT2D eigenvalue weighted by atomic mass is 9.43. The zero-order valence-corrected chi connectivity index (χ0v) is 24.3. The van der Waals surface area contributed by atoms with E-state index in [1.54, 1.807) is 6.07 Å². The van der Waals surface area contributed by atoms with E-state index >= 15 is 0 Å². The van der Waals surface area contributed by atoms with Gasteiger partial charge in [-0.05, 0) is 62.3 Å². The zero-order chi connectivity index (χ0) is 28.8. The Morgan fingerprint density at radius 3 is 2.48 bits per heavy atom. The van der Waals surface area contributed by atoms with Gasteiger partial charge in [-0.1, -0.05) is 58.0 Å². The van der Waals surface area contributed by atoms with Crippen molar-refractivity contribution in [1.82, 2.24) is 20.6 Å². The first-order valence-corrected chi connectivity index (χ1v) is 14.4. The van der Waals surface area contributed by atoms with E-state index in [1.807, 2.05) is 30.3 Å². The van der Waals surface area contributed by atoms with Crippen LogP contribution in [0.25, 0.3) is 11.3 Å². The number of aromatic nitrogens is 2. The summed E-state index contributed by atoms with van der Waals surface area (Å²) < 4.78 is 13.1. The summed E-state index contributed by atoms with van der Waals surface area (Å²) in [5.41, 5.74) is 1.34. The van der Waals surface area contributed by atoms with Crippen LogP contribution in [0.15, 0.2) is 42.7 Å². The van der Waals surface area contributed by atoms with Gasteiger partial charge in [0.2, 0.25) is 5.91 Å². The van der Waals surface area contributed by atoms with Gasteiger partial charge in [0.05, 0.1) is 29.4 Å². The molecule has 9 nitrogen and oxygen atoms in total. The maximum Gasteiger partial charge on any atom is 0.481 e. The maximum atomic E-state index is 13.5. The molecule has 1 aromatic heterocycles. The molecule has 0 unspecified atom stereocenters. The van der Waals surface area contributed by atoms with Crippen LogP contribution in [0.4, 0.5) is 0 Å². The first-order valence-electron chi connectivity index (χ1n) is 14.4. The van der Waals surface area contributed by atoms with Crippen LogP contribution in [0, 0.1) is 23.2 Å². The minimum absolute atomic E-state index is 0.00956. The molecular weight excluding hydrogens is 507 g/mol. The van der Waals surface area contributed by atoms with Crippen LogP contribution in [0.5, 0.6) is 0 Å². The van der Waals surface area contributed by atoms with Crippen molar-refractivity contribution in [1.29, 1.82) is 0 Å². The topological polar surface area (TPSA) is 123 Å². The second kappa shape index (κ2) is 10.9. The average molecular weight is 548 g/mol. The smallest absolute Gasteiger partial charge is 0.404 e. The Labute approximate surface area is 237 Å². The fourth-order valence-electron chi connectivity index (χ4n) is 6.96. The third-order valence-corrected chi connectivity index (χ3v) is 9.37. The van der Waals surface area contributed by atoms with Crippen molar-refractivity contribution in [3.8, 4) is 11.3 Å². The first kappa shape index (κ1) is 28.7. The molecular formula is C30H41BN4O5. The minimum Gasteiger partial charge on any atom is -0.404 e. The van der Waals surface area contributed by atoms with Crippen LogP contribution >= 0.6 is 0 Å². The van der Waals surface area contributed by atoms with Crippen LogP contribution in [0.2, 0.25) is 0 Å². The monoisotopic (exact) mass is 548 g/mol. The SMILES string of the molecule is CC(C)C[C@H](NC(=O)[C@@H](NC(=O)c1cc(-c2ccccc2)ncn1)[C@@H](C)O)B1O[C@@H]2C[C@H]3C[C@H](C3(C)C)[C@]2(C)O1. The van der Waals surface area contributed by atoms with E-state index in [0.29, 0.717) is 24.0 Å². The minimum atomic E-state index is -1.19. The summed E-state index contributed by atoms with van der Waals surface area (Å²) >= 11 is 0. The molecule has 1 aliphatic heterocycles. The molecule has 0 spiro atoms. The predicted molar refractivity (Wildman–Crippen MR) is 152 cm³/mol. The van der Waals surface area contributed by atoms with Crippen LogP contribution in [0.3, 0.4) is 0 Å². The summed E-state index contributed by atoms with van der Waals surface area (Å²) in [6, 6.07) is 9.82. The molecule has 7 atom stereocenters. The van der Waals surface area contributed by atoms with Gasteiger partial charge in [-0.2, -0.15) is 0 Å². The molecule has 4 fully saturated rings. The van der Waals surface area contributed by atoms with Crippen LogP contribution in [-0.2, 0) is 14.1 Å². The molecule has 40 heavy (non-hydrogen) atoms. The van der Waals surface area contributed by atoms with E-state index in [4.69, 9.17) is 9.31 Å². The lowest BCUT2D eigenvalue weighted by molar-refractivity contribution is -0.199. The zero-order valence-electron chi connectivity index (χ0n) is 24.3. The van der Waals surface area contributed by atoms with E-state index < -0.39 is 42.6 Å². The van der Waals surface area contributed by atoms with Gasteiger partial charge in [0.15, 0.2) is 0 Å². The summed E-state index contributed by atoms with van der Waals surface area (Å²) in [7, 11) is -0.600. The van der Waals surface area contributed by atoms with E-state index in [0.717, 1.165) is 18.4 Å². The molecule has 4 aliphatic rings.